The average molecular weight is 500 g/mol. The Kier molecular flexibility index (Phi) is 7.74. The summed E-state index contributed by atoms with van der Waals surface area (Å²) in [5.74, 6) is 0. The molecule has 0 bridgehead atoms. The molecule has 0 aromatic heterocycles. The summed E-state index contributed by atoms with van der Waals surface area (Å²) in [5, 5.41) is 0. The van der Waals surface area contributed by atoms with E-state index >= 15 is 0 Å². The van der Waals surface area contributed by atoms with E-state index in [-0.39, 0.29) is 21.8 Å². The van der Waals surface area contributed by atoms with Crippen LogP contribution in [0.25, 0.3) is 0 Å². The zero-order valence-electron chi connectivity index (χ0n) is 10.4. The Balaban J connectivity index is 0.000000686. The molecule has 2 nitrogen and oxygen atoms in total. The van der Waals surface area contributed by atoms with Crippen molar-refractivity contribution in [3.8, 4) is 0 Å². The van der Waals surface area contributed by atoms with Gasteiger partial charge in [-0.1, -0.05) is 0 Å². The van der Waals surface area contributed by atoms with Crippen molar-refractivity contribution in [2.24, 2.45) is 0 Å². The molecule has 2 atom stereocenters. The summed E-state index contributed by atoms with van der Waals surface area (Å²) >= 11 is 2.45. The summed E-state index contributed by atoms with van der Waals surface area (Å²) in [5.41, 5.74) is 1.45. The van der Waals surface area contributed by atoms with Crippen molar-refractivity contribution < 1.29 is 59.3 Å². The van der Waals surface area contributed by atoms with Gasteiger partial charge in [-0.15, -0.1) is 0 Å². The van der Waals surface area contributed by atoms with Gasteiger partial charge >= 0.3 is 141 Å². The van der Waals surface area contributed by atoms with Crippen LogP contribution in [0.3, 0.4) is 0 Å². The molecule has 1 N–H and O–H groups in total. The zero-order chi connectivity index (χ0) is 12.8. The predicted molar refractivity (Wildman–Crippen MR) is 64.2 cm³/mol. The topological polar surface area (TPSA) is 7.68 Å². The fourth-order valence-electron chi connectivity index (χ4n) is 1.82. The molecular formula is C13H20IN2Tm-. The van der Waals surface area contributed by atoms with E-state index in [9.17, 15) is 0 Å². The van der Waals surface area contributed by atoms with Crippen LogP contribution in [0.4, 0.5) is 0 Å². The van der Waals surface area contributed by atoms with Crippen molar-refractivity contribution >= 4 is 2.71 Å². The van der Waals surface area contributed by atoms with Crippen molar-refractivity contribution in [2.45, 2.75) is 33.0 Å². The normalized spacial score (nSPS) is 24.4. The van der Waals surface area contributed by atoms with E-state index in [4.69, 9.17) is 0 Å². The van der Waals surface area contributed by atoms with Gasteiger partial charge in [-0.2, -0.15) is 0 Å². The molecule has 1 heterocycles. The number of halogens is 1. The van der Waals surface area contributed by atoms with E-state index in [0.717, 1.165) is 0 Å². The van der Waals surface area contributed by atoms with E-state index < -0.39 is 0 Å². The Morgan fingerprint density at radius 2 is 1.94 bits per heavy atom. The maximum atomic E-state index is 3.14. The zero-order valence-corrected chi connectivity index (χ0v) is 14.4. The molecule has 0 saturated carbocycles. The second-order valence-corrected chi connectivity index (χ2v) is 6.85. The fourth-order valence-corrected chi connectivity index (χ4v) is 4.70. The van der Waals surface area contributed by atoms with Crippen LogP contribution in [0.2, 0.25) is 0 Å². The van der Waals surface area contributed by atoms with Crippen LogP contribution in [0.5, 0.6) is 0 Å². The number of hydrogen-bond donors (Lipinski definition) is 1. The number of nitrogens with zero attached hydrogens (tertiary/aromatic N) is 1. The molecule has 4 heteroatoms. The van der Waals surface area contributed by atoms with Gasteiger partial charge in [0.2, 0.25) is 0 Å². The quantitative estimate of drug-likeness (QED) is 0.298. The Hall–Kier alpha value is 0.974. The van der Waals surface area contributed by atoms with Crippen LogP contribution in [-0.4, -0.2) is 11.9 Å². The molecule has 1 saturated heterocycles. The van der Waals surface area contributed by atoms with Crippen molar-refractivity contribution in [3.05, 3.63) is 42.4 Å². The van der Waals surface area contributed by atoms with Crippen LogP contribution >= 0.6 is 0 Å². The third kappa shape index (κ3) is 3.97. The van der Waals surface area contributed by atoms with Gasteiger partial charge in [-0.05, 0) is 0 Å². The number of rotatable bonds is 3. The summed E-state index contributed by atoms with van der Waals surface area (Å²) in [7, 11) is 0. The standard InChI is InChI=1S/C12H18IN2.CH2.Tm/c1-4-14-12(15(13-14)10(2)3)11-8-6-5-7-9-11;;/h4-10,12,14H,1-3H3;1H2;/q-1;;. The summed E-state index contributed by atoms with van der Waals surface area (Å²) in [6, 6.07) is 11.5. The number of nitrogens with one attached hydrogen (secondary N) is 1. The van der Waals surface area contributed by atoms with Crippen LogP contribution < -0.4 is 24.9 Å². The van der Waals surface area contributed by atoms with Crippen LogP contribution in [-0.2, 0) is 0 Å². The molecular weight excluding hydrogens is 480 g/mol. The predicted octanol–water partition coefficient (Wildman–Crippen LogP) is -1.64. The van der Waals surface area contributed by atoms with Crippen LogP contribution in [0.1, 0.15) is 32.5 Å². The van der Waals surface area contributed by atoms with Gasteiger partial charge in [0.15, 0.2) is 0 Å². The van der Waals surface area contributed by atoms with Gasteiger partial charge in [0.25, 0.3) is 0 Å². The van der Waals surface area contributed by atoms with E-state index in [1.807, 2.05) is 0 Å². The first kappa shape index (κ1) is 16.0. The van der Waals surface area contributed by atoms with E-state index in [2.05, 4.69) is 97.9 Å². The van der Waals surface area contributed by atoms with E-state index in [1.54, 1.807) is 3.11 Å². The van der Waals surface area contributed by atoms with Gasteiger partial charge in [0, 0.05) is 0 Å². The Labute approximate surface area is 139 Å². The molecule has 2 rings (SSSR count). The third-order valence-corrected chi connectivity index (χ3v) is 6.59. The molecule has 1 fully saturated rings. The minimum atomic E-state index is 0.147. The van der Waals surface area contributed by atoms with E-state index in [1.165, 1.54) is 5.56 Å². The molecule has 0 amide bonds. The molecule has 103 valence electrons. The molecule has 0 radical (unpaired) electrons. The summed E-state index contributed by atoms with van der Waals surface area (Å²) in [4.78, 5) is 0. The Bertz CT molecular complexity index is 331. The van der Waals surface area contributed by atoms with Crippen LogP contribution in [0, 0.1) is 41.0 Å². The molecule has 0 aliphatic carbocycles. The molecule has 1 aromatic carbocycles. The third-order valence-electron chi connectivity index (χ3n) is 2.59. The van der Waals surface area contributed by atoms with Crippen molar-refractivity contribution in [3.63, 3.8) is 0 Å². The van der Waals surface area contributed by atoms with Gasteiger partial charge in [-0.3, -0.25) is 0 Å². The van der Waals surface area contributed by atoms with Gasteiger partial charge in [-0.25, -0.2) is 0 Å². The van der Waals surface area contributed by atoms with E-state index in [0.29, 0.717) is 12.2 Å². The summed E-state index contributed by atoms with van der Waals surface area (Å²) in [6.07, 6.45) is 0.573. The maximum absolute atomic E-state index is 3.14. The minimum absolute atomic E-state index is 0.147. The Morgan fingerprint density at radius 3 is 2.41 bits per heavy atom. The second-order valence-electron chi connectivity index (χ2n) is 4.01. The fraction of sp³-hybridized carbons (Fsp3) is 0.385. The average Bonchev–Trinajstić information content (AvgIpc) is 2.32. The van der Waals surface area contributed by atoms with Gasteiger partial charge < -0.3 is 0 Å². The van der Waals surface area contributed by atoms with Crippen LogP contribution in [0.15, 0.2) is 30.3 Å². The van der Waals surface area contributed by atoms with Gasteiger partial charge in [0.1, 0.15) is 0 Å². The van der Waals surface area contributed by atoms with Gasteiger partial charge in [0.05, 0.1) is 0 Å². The second kappa shape index (κ2) is 8.21. The first-order valence-electron chi connectivity index (χ1n) is 5.58. The van der Waals surface area contributed by atoms with Crippen molar-refractivity contribution in [1.29, 1.82) is 0 Å². The van der Waals surface area contributed by atoms with Crippen molar-refractivity contribution in [2.75, 3.05) is 0 Å². The first-order valence-corrected chi connectivity index (χ1v) is 8.88. The Morgan fingerprint density at radius 1 is 1.35 bits per heavy atom. The summed E-state index contributed by atoms with van der Waals surface area (Å²) in [6.45, 7) is 9.07. The van der Waals surface area contributed by atoms with Crippen molar-refractivity contribution in [1.82, 2.24) is 3.11 Å². The number of quaternary nitrogens is 1. The molecule has 1 aliphatic rings. The number of hydrogen-bond acceptors (Lipinski definition) is 1. The molecule has 1 aromatic rings. The molecule has 1 aliphatic heterocycles. The monoisotopic (exact) mass is 500 g/mol. The SMILES string of the molecule is C[CH-][NH+]1[I-]N(C(C)C)C1c1ccccc1.[CH2]=[Tm]. The molecule has 2 unspecified atom stereocenters. The molecule has 17 heavy (non-hydrogen) atoms. The number of benzene rings is 1. The summed E-state index contributed by atoms with van der Waals surface area (Å²) < 4.78 is 7.44. The molecule has 0 spiro atoms. The first-order chi connectivity index (χ1) is 8.24.